The zero-order chi connectivity index (χ0) is 15.2. The second-order valence-electron chi connectivity index (χ2n) is 5.24. The summed E-state index contributed by atoms with van der Waals surface area (Å²) in [7, 11) is 0. The van der Waals surface area contributed by atoms with Crippen molar-refractivity contribution in [3.05, 3.63) is 29.8 Å². The molecule has 1 aromatic rings. The lowest BCUT2D eigenvalue weighted by Gasteiger charge is -2.29. The van der Waals surface area contributed by atoms with Crippen LogP contribution in [0, 0.1) is 6.92 Å². The number of amides is 1. The Morgan fingerprint density at radius 3 is 2.43 bits per heavy atom. The van der Waals surface area contributed by atoms with Crippen molar-refractivity contribution in [3.63, 3.8) is 0 Å². The highest BCUT2D eigenvalue weighted by molar-refractivity contribution is 5.98. The van der Waals surface area contributed by atoms with E-state index in [2.05, 4.69) is 5.32 Å². The van der Waals surface area contributed by atoms with E-state index in [1.807, 2.05) is 24.0 Å². The van der Waals surface area contributed by atoms with E-state index in [0.717, 1.165) is 31.7 Å². The lowest BCUT2D eigenvalue weighted by molar-refractivity contribution is -0.136. The number of benzene rings is 1. The van der Waals surface area contributed by atoms with Crippen LogP contribution < -0.4 is 10.2 Å². The van der Waals surface area contributed by atoms with Gasteiger partial charge in [-0.3, -0.25) is 14.5 Å². The zero-order valence-corrected chi connectivity index (χ0v) is 12.2. The Hall–Kier alpha value is -1.92. The molecule has 0 aliphatic carbocycles. The van der Waals surface area contributed by atoms with Gasteiger partial charge in [0.2, 0.25) is 5.91 Å². The Morgan fingerprint density at radius 2 is 1.86 bits per heavy atom. The van der Waals surface area contributed by atoms with Crippen LogP contribution in [-0.2, 0) is 9.59 Å². The first-order valence-electron chi connectivity index (χ1n) is 7.08. The number of rotatable bonds is 5. The molecule has 2 rings (SSSR count). The molecule has 1 heterocycles. The molecule has 114 valence electrons. The maximum atomic E-state index is 12.4. The summed E-state index contributed by atoms with van der Waals surface area (Å²) in [5, 5.41) is 12.3. The number of carboxylic acids is 1. The fourth-order valence-corrected chi connectivity index (χ4v) is 2.33. The van der Waals surface area contributed by atoms with Gasteiger partial charge in [0, 0.05) is 31.9 Å². The summed E-state index contributed by atoms with van der Waals surface area (Å²) in [4.78, 5) is 26.8. The molecular formula is C15H21N3O3. The van der Waals surface area contributed by atoms with Gasteiger partial charge in [0.1, 0.15) is 6.54 Å². The molecule has 1 saturated heterocycles. The lowest BCUT2D eigenvalue weighted by atomic mass is 10.2. The molecule has 6 heteroatoms. The highest BCUT2D eigenvalue weighted by Gasteiger charge is 2.22. The van der Waals surface area contributed by atoms with Crippen LogP contribution in [-0.4, -0.2) is 61.2 Å². The van der Waals surface area contributed by atoms with Crippen molar-refractivity contribution in [3.8, 4) is 0 Å². The minimum absolute atomic E-state index is 0.178. The van der Waals surface area contributed by atoms with E-state index < -0.39 is 5.97 Å². The molecule has 0 saturated carbocycles. The number of aryl methyl sites for hydroxylation is 1. The molecule has 1 aromatic carbocycles. The topological polar surface area (TPSA) is 72.9 Å². The number of aliphatic carboxylic acids is 1. The van der Waals surface area contributed by atoms with Crippen LogP contribution in [0.25, 0.3) is 0 Å². The Labute approximate surface area is 124 Å². The molecule has 2 N–H and O–H groups in total. The highest BCUT2D eigenvalue weighted by atomic mass is 16.4. The molecule has 21 heavy (non-hydrogen) atoms. The average Bonchev–Trinajstić information content (AvgIpc) is 2.46. The van der Waals surface area contributed by atoms with Crippen LogP contribution in [0.3, 0.4) is 0 Å². The highest BCUT2D eigenvalue weighted by Crippen LogP contribution is 2.15. The predicted molar refractivity (Wildman–Crippen MR) is 80.5 cm³/mol. The zero-order valence-electron chi connectivity index (χ0n) is 12.2. The minimum atomic E-state index is -1.01. The Bertz CT molecular complexity index is 495. The number of hydrogen-bond donors (Lipinski definition) is 2. The van der Waals surface area contributed by atoms with Crippen molar-refractivity contribution in [1.29, 1.82) is 0 Å². The molecule has 6 nitrogen and oxygen atoms in total. The number of carboxylic acid groups (broad SMARTS) is 1. The number of anilines is 1. The van der Waals surface area contributed by atoms with Crippen molar-refractivity contribution in [1.82, 2.24) is 10.2 Å². The summed E-state index contributed by atoms with van der Waals surface area (Å²) in [6.07, 6.45) is 0. The number of piperazine rings is 1. The third-order valence-electron chi connectivity index (χ3n) is 3.51. The molecule has 0 radical (unpaired) electrons. The molecule has 0 unspecified atom stereocenters. The van der Waals surface area contributed by atoms with Gasteiger partial charge in [-0.2, -0.15) is 0 Å². The second kappa shape index (κ2) is 7.19. The molecule has 1 aliphatic heterocycles. The first-order chi connectivity index (χ1) is 10.1. The Kier molecular flexibility index (Phi) is 5.30. The summed E-state index contributed by atoms with van der Waals surface area (Å²) < 4.78 is 0. The van der Waals surface area contributed by atoms with Gasteiger partial charge in [-0.25, -0.2) is 0 Å². The maximum Gasteiger partial charge on any atom is 0.323 e. The van der Waals surface area contributed by atoms with E-state index in [0.29, 0.717) is 5.69 Å². The van der Waals surface area contributed by atoms with E-state index in [-0.39, 0.29) is 19.0 Å². The van der Waals surface area contributed by atoms with Crippen molar-refractivity contribution < 1.29 is 14.7 Å². The smallest absolute Gasteiger partial charge is 0.323 e. The first-order valence-corrected chi connectivity index (χ1v) is 7.08. The fraction of sp³-hybridized carbons (Fsp3) is 0.467. The van der Waals surface area contributed by atoms with Crippen LogP contribution >= 0.6 is 0 Å². The summed E-state index contributed by atoms with van der Waals surface area (Å²) in [5.41, 5.74) is 1.70. The van der Waals surface area contributed by atoms with Gasteiger partial charge in [-0.05, 0) is 19.1 Å². The Morgan fingerprint density at radius 1 is 1.24 bits per heavy atom. The number of hydrogen-bond acceptors (Lipinski definition) is 4. The third-order valence-corrected chi connectivity index (χ3v) is 3.51. The summed E-state index contributed by atoms with van der Waals surface area (Å²) in [5.74, 6) is -1.19. The van der Waals surface area contributed by atoms with Crippen molar-refractivity contribution in [2.75, 3.05) is 44.2 Å². The van der Waals surface area contributed by atoms with E-state index in [1.165, 1.54) is 4.90 Å². The largest absolute Gasteiger partial charge is 0.480 e. The molecule has 0 spiro atoms. The summed E-state index contributed by atoms with van der Waals surface area (Å²) in [6, 6.07) is 7.33. The lowest BCUT2D eigenvalue weighted by Crippen LogP contribution is -2.49. The van der Waals surface area contributed by atoms with Gasteiger partial charge >= 0.3 is 5.97 Å². The molecule has 0 atom stereocenters. The SMILES string of the molecule is Cc1ccc(N(CC(=O)O)C(=O)CN2CCNCC2)cc1. The van der Waals surface area contributed by atoms with Crippen LogP contribution in [0.5, 0.6) is 0 Å². The van der Waals surface area contributed by atoms with E-state index in [9.17, 15) is 9.59 Å². The van der Waals surface area contributed by atoms with Crippen LogP contribution in [0.15, 0.2) is 24.3 Å². The maximum absolute atomic E-state index is 12.4. The number of nitrogens with one attached hydrogen (secondary N) is 1. The van der Waals surface area contributed by atoms with E-state index in [4.69, 9.17) is 5.11 Å². The Balaban J connectivity index is 2.08. The molecule has 1 amide bonds. The number of carbonyl (C=O) groups is 2. The number of nitrogens with zero attached hydrogens (tertiary/aromatic N) is 2. The molecule has 1 fully saturated rings. The van der Waals surface area contributed by atoms with Gasteiger partial charge in [-0.15, -0.1) is 0 Å². The van der Waals surface area contributed by atoms with Gasteiger partial charge < -0.3 is 15.3 Å². The third kappa shape index (κ3) is 4.54. The van der Waals surface area contributed by atoms with Crippen molar-refractivity contribution in [2.24, 2.45) is 0 Å². The van der Waals surface area contributed by atoms with E-state index in [1.54, 1.807) is 12.1 Å². The monoisotopic (exact) mass is 291 g/mol. The minimum Gasteiger partial charge on any atom is -0.480 e. The van der Waals surface area contributed by atoms with Crippen molar-refractivity contribution >= 4 is 17.6 Å². The van der Waals surface area contributed by atoms with Crippen LogP contribution in [0.1, 0.15) is 5.56 Å². The summed E-state index contributed by atoms with van der Waals surface area (Å²) in [6.45, 7) is 5.22. The predicted octanol–water partition coefficient (Wildman–Crippen LogP) is 0.318. The van der Waals surface area contributed by atoms with Gasteiger partial charge in [0.25, 0.3) is 0 Å². The molecule has 0 bridgehead atoms. The second-order valence-corrected chi connectivity index (χ2v) is 5.24. The number of carbonyl (C=O) groups excluding carboxylic acids is 1. The van der Waals surface area contributed by atoms with E-state index >= 15 is 0 Å². The standard InChI is InChI=1S/C15H21N3O3/c1-12-2-4-13(5-3-12)18(11-15(20)21)14(19)10-17-8-6-16-7-9-17/h2-5,16H,6-11H2,1H3,(H,20,21). The van der Waals surface area contributed by atoms with Gasteiger partial charge in [0.05, 0.1) is 6.54 Å². The first kappa shape index (κ1) is 15.5. The van der Waals surface area contributed by atoms with Crippen molar-refractivity contribution in [2.45, 2.75) is 6.92 Å². The van der Waals surface area contributed by atoms with Gasteiger partial charge in [0.15, 0.2) is 0 Å². The molecule has 1 aliphatic rings. The molecule has 0 aromatic heterocycles. The summed E-state index contributed by atoms with van der Waals surface area (Å²) >= 11 is 0. The quantitative estimate of drug-likeness (QED) is 0.817. The van der Waals surface area contributed by atoms with Crippen LogP contribution in [0.4, 0.5) is 5.69 Å². The molecular weight excluding hydrogens is 270 g/mol. The van der Waals surface area contributed by atoms with Gasteiger partial charge in [-0.1, -0.05) is 17.7 Å². The normalized spacial score (nSPS) is 15.7. The average molecular weight is 291 g/mol. The van der Waals surface area contributed by atoms with Crippen LogP contribution in [0.2, 0.25) is 0 Å². The fourth-order valence-electron chi connectivity index (χ4n) is 2.33.